The smallest absolute Gasteiger partial charge is 0.159 e. The summed E-state index contributed by atoms with van der Waals surface area (Å²) in [6, 6.07) is 3.88. The van der Waals surface area contributed by atoms with Crippen LogP contribution < -0.4 is 5.73 Å². The van der Waals surface area contributed by atoms with E-state index in [-0.39, 0.29) is 0 Å². The van der Waals surface area contributed by atoms with Crippen molar-refractivity contribution < 1.29 is 8.78 Å². The van der Waals surface area contributed by atoms with E-state index in [0.29, 0.717) is 25.1 Å². The molecule has 0 radical (unpaired) electrons. The minimum absolute atomic E-state index is 0.467. The minimum atomic E-state index is -0.830. The lowest BCUT2D eigenvalue weighted by Gasteiger charge is -2.02. The number of hydrogen-bond donors (Lipinski definition) is 1. The van der Waals surface area contributed by atoms with Crippen LogP contribution in [-0.4, -0.2) is 16.1 Å². The molecule has 3 nitrogen and oxygen atoms in total. The summed E-state index contributed by atoms with van der Waals surface area (Å²) in [5, 5.41) is 0. The summed E-state index contributed by atoms with van der Waals surface area (Å²) in [5.74, 6) is -1.66. The summed E-state index contributed by atoms with van der Waals surface area (Å²) in [5.41, 5.74) is 7.01. The zero-order valence-electron chi connectivity index (χ0n) is 9.24. The molecule has 1 aromatic carbocycles. The molecule has 0 spiro atoms. The van der Waals surface area contributed by atoms with Crippen LogP contribution in [0.4, 0.5) is 8.78 Å². The van der Waals surface area contributed by atoms with Crippen molar-refractivity contribution in [2.45, 2.75) is 13.0 Å². The Morgan fingerprint density at radius 3 is 2.76 bits per heavy atom. The molecule has 2 aromatic rings. The molecule has 1 heterocycles. The van der Waals surface area contributed by atoms with E-state index in [0.717, 1.165) is 11.8 Å². The normalized spacial score (nSPS) is 10.8. The van der Waals surface area contributed by atoms with Gasteiger partial charge in [-0.3, -0.25) is 0 Å². The Bertz CT molecular complexity index is 508. The van der Waals surface area contributed by atoms with Crippen LogP contribution >= 0.6 is 0 Å². The number of aromatic nitrogens is 2. The highest BCUT2D eigenvalue weighted by Crippen LogP contribution is 2.10. The van der Waals surface area contributed by atoms with Crippen LogP contribution in [0.1, 0.15) is 11.3 Å². The standard InChI is InChI=1S/C12H13F2N3/c13-11-2-1-9(5-12(11)14)6-17-7-10(3-4-15)16-8-17/h1-2,5,7-8H,3-4,6,15H2. The third-order valence-electron chi connectivity index (χ3n) is 2.44. The third-order valence-corrected chi connectivity index (χ3v) is 2.44. The zero-order chi connectivity index (χ0) is 12.3. The molecule has 90 valence electrons. The second-order valence-corrected chi connectivity index (χ2v) is 3.82. The van der Waals surface area contributed by atoms with E-state index >= 15 is 0 Å². The van der Waals surface area contributed by atoms with Gasteiger partial charge in [0, 0.05) is 19.2 Å². The Balaban J connectivity index is 2.11. The van der Waals surface area contributed by atoms with Crippen LogP contribution in [0.3, 0.4) is 0 Å². The molecule has 0 bridgehead atoms. The van der Waals surface area contributed by atoms with E-state index in [2.05, 4.69) is 4.98 Å². The van der Waals surface area contributed by atoms with Crippen molar-refractivity contribution in [1.82, 2.24) is 9.55 Å². The highest BCUT2D eigenvalue weighted by Gasteiger charge is 2.04. The maximum Gasteiger partial charge on any atom is 0.159 e. The predicted octanol–water partition coefficient (Wildman–Crippen LogP) is 1.71. The fraction of sp³-hybridized carbons (Fsp3) is 0.250. The van der Waals surface area contributed by atoms with Crippen molar-refractivity contribution in [3.8, 4) is 0 Å². The van der Waals surface area contributed by atoms with Crippen LogP contribution in [-0.2, 0) is 13.0 Å². The van der Waals surface area contributed by atoms with E-state index in [9.17, 15) is 8.78 Å². The van der Waals surface area contributed by atoms with E-state index in [1.54, 1.807) is 12.4 Å². The third kappa shape index (κ3) is 2.88. The molecule has 2 N–H and O–H groups in total. The van der Waals surface area contributed by atoms with Crippen molar-refractivity contribution in [1.29, 1.82) is 0 Å². The first-order valence-corrected chi connectivity index (χ1v) is 5.33. The van der Waals surface area contributed by atoms with Gasteiger partial charge in [0.2, 0.25) is 0 Å². The topological polar surface area (TPSA) is 43.8 Å². The average molecular weight is 237 g/mol. The fourth-order valence-electron chi connectivity index (χ4n) is 1.62. The molecule has 2 rings (SSSR count). The monoisotopic (exact) mass is 237 g/mol. The molecule has 0 fully saturated rings. The molecular weight excluding hydrogens is 224 g/mol. The maximum absolute atomic E-state index is 13.0. The van der Waals surface area contributed by atoms with Gasteiger partial charge in [0.25, 0.3) is 0 Å². The molecule has 0 aliphatic rings. The van der Waals surface area contributed by atoms with Gasteiger partial charge in [-0.05, 0) is 24.2 Å². The van der Waals surface area contributed by atoms with E-state index in [1.165, 1.54) is 6.07 Å². The van der Waals surface area contributed by atoms with Crippen LogP contribution in [0.5, 0.6) is 0 Å². The zero-order valence-corrected chi connectivity index (χ0v) is 9.24. The molecule has 0 aliphatic carbocycles. The first-order valence-electron chi connectivity index (χ1n) is 5.33. The SMILES string of the molecule is NCCc1cn(Cc2ccc(F)c(F)c2)cn1. The first kappa shape index (κ1) is 11.7. The van der Waals surface area contributed by atoms with Crippen molar-refractivity contribution in [3.05, 3.63) is 53.6 Å². The fourth-order valence-corrected chi connectivity index (χ4v) is 1.62. The predicted molar refractivity (Wildman–Crippen MR) is 60.4 cm³/mol. The van der Waals surface area contributed by atoms with Gasteiger partial charge >= 0.3 is 0 Å². The average Bonchev–Trinajstić information content (AvgIpc) is 2.72. The Morgan fingerprint density at radius 2 is 2.06 bits per heavy atom. The summed E-state index contributed by atoms with van der Waals surface area (Å²) >= 11 is 0. The maximum atomic E-state index is 13.0. The molecule has 0 amide bonds. The largest absolute Gasteiger partial charge is 0.333 e. The van der Waals surface area contributed by atoms with E-state index in [4.69, 9.17) is 5.73 Å². The lowest BCUT2D eigenvalue weighted by molar-refractivity contribution is 0.506. The first-order chi connectivity index (χ1) is 8.19. The lowest BCUT2D eigenvalue weighted by Crippen LogP contribution is -2.03. The molecule has 0 atom stereocenters. The van der Waals surface area contributed by atoms with Gasteiger partial charge in [0.1, 0.15) is 0 Å². The van der Waals surface area contributed by atoms with Crippen LogP contribution in [0.15, 0.2) is 30.7 Å². The van der Waals surface area contributed by atoms with Crippen LogP contribution in [0.25, 0.3) is 0 Å². The van der Waals surface area contributed by atoms with E-state index in [1.807, 2.05) is 10.8 Å². The molecule has 17 heavy (non-hydrogen) atoms. The van der Waals surface area contributed by atoms with Crippen molar-refractivity contribution in [2.24, 2.45) is 5.73 Å². The second kappa shape index (κ2) is 5.05. The van der Waals surface area contributed by atoms with Crippen molar-refractivity contribution in [3.63, 3.8) is 0 Å². The summed E-state index contributed by atoms with van der Waals surface area (Å²) in [6.07, 6.45) is 4.23. The van der Waals surface area contributed by atoms with Gasteiger partial charge in [0.15, 0.2) is 11.6 Å². The number of nitrogens with two attached hydrogens (primary N) is 1. The molecule has 0 saturated heterocycles. The van der Waals surface area contributed by atoms with Gasteiger partial charge in [-0.15, -0.1) is 0 Å². The van der Waals surface area contributed by atoms with Gasteiger partial charge in [-0.1, -0.05) is 6.07 Å². The van der Waals surface area contributed by atoms with Gasteiger partial charge in [-0.2, -0.15) is 0 Å². The van der Waals surface area contributed by atoms with Gasteiger partial charge in [-0.25, -0.2) is 13.8 Å². The van der Waals surface area contributed by atoms with Crippen molar-refractivity contribution >= 4 is 0 Å². The second-order valence-electron chi connectivity index (χ2n) is 3.82. The number of nitrogens with zero attached hydrogens (tertiary/aromatic N) is 2. The summed E-state index contributed by atoms with van der Waals surface area (Å²) < 4.78 is 27.5. The Kier molecular flexibility index (Phi) is 3.49. The molecule has 1 aromatic heterocycles. The highest BCUT2D eigenvalue weighted by atomic mass is 19.2. The van der Waals surface area contributed by atoms with Crippen LogP contribution in [0, 0.1) is 11.6 Å². The number of imidazole rings is 1. The summed E-state index contributed by atoms with van der Waals surface area (Å²) in [4.78, 5) is 4.16. The Morgan fingerprint density at radius 1 is 1.24 bits per heavy atom. The number of halogens is 2. The quantitative estimate of drug-likeness (QED) is 0.879. The molecule has 0 saturated carbocycles. The number of rotatable bonds is 4. The minimum Gasteiger partial charge on any atom is -0.333 e. The molecule has 0 aliphatic heterocycles. The molecular formula is C12H13F2N3. The Hall–Kier alpha value is -1.75. The van der Waals surface area contributed by atoms with Gasteiger partial charge in [0.05, 0.1) is 12.0 Å². The van der Waals surface area contributed by atoms with Crippen LogP contribution in [0.2, 0.25) is 0 Å². The number of hydrogen-bond acceptors (Lipinski definition) is 2. The number of benzene rings is 1. The van der Waals surface area contributed by atoms with Crippen molar-refractivity contribution in [2.75, 3.05) is 6.54 Å². The van der Waals surface area contributed by atoms with E-state index < -0.39 is 11.6 Å². The Labute approximate surface area is 97.9 Å². The summed E-state index contributed by atoms with van der Waals surface area (Å²) in [6.45, 7) is 1.01. The molecule has 0 unspecified atom stereocenters. The van der Waals surface area contributed by atoms with Gasteiger partial charge < -0.3 is 10.3 Å². The summed E-state index contributed by atoms with van der Waals surface area (Å²) in [7, 11) is 0. The lowest BCUT2D eigenvalue weighted by atomic mass is 10.2. The highest BCUT2D eigenvalue weighted by molar-refractivity contribution is 5.18. The molecule has 5 heteroatoms.